The maximum atomic E-state index is 14.5. The number of anilines is 1. The summed E-state index contributed by atoms with van der Waals surface area (Å²) in [6, 6.07) is 20.7. The third kappa shape index (κ3) is 5.13. The molecule has 5 nitrogen and oxygen atoms in total. The highest BCUT2D eigenvalue weighted by Gasteiger charge is 2.27. The molecule has 0 saturated heterocycles. The highest BCUT2D eigenvalue weighted by atomic mass is 32.1. The summed E-state index contributed by atoms with van der Waals surface area (Å²) in [5.41, 5.74) is 2.30. The Bertz CT molecular complexity index is 1340. The second-order valence-corrected chi connectivity index (χ2v) is 8.53. The summed E-state index contributed by atoms with van der Waals surface area (Å²) in [5.74, 6) is -2.05. The van der Waals surface area contributed by atoms with Gasteiger partial charge in [0.05, 0.1) is 12.2 Å². The van der Waals surface area contributed by atoms with Crippen LogP contribution < -0.4 is 9.64 Å². The van der Waals surface area contributed by atoms with Crippen LogP contribution in [0.5, 0.6) is 5.06 Å². The predicted octanol–water partition coefficient (Wildman–Crippen LogP) is 6.91. The smallest absolute Gasteiger partial charge is 0.449 e. The summed E-state index contributed by atoms with van der Waals surface area (Å²) >= 11 is 1.05. The fraction of sp³-hybridized carbons (Fsp3) is 0.0769. The Morgan fingerprint density at radius 2 is 1.68 bits per heavy atom. The van der Waals surface area contributed by atoms with E-state index in [1.807, 2.05) is 37.3 Å². The second kappa shape index (κ2) is 9.84. The maximum absolute atomic E-state index is 14.5. The van der Waals surface area contributed by atoms with Crippen molar-refractivity contribution in [2.24, 2.45) is 0 Å². The van der Waals surface area contributed by atoms with Crippen LogP contribution in [0.1, 0.15) is 21.5 Å². The Morgan fingerprint density at radius 3 is 2.32 bits per heavy atom. The van der Waals surface area contributed by atoms with E-state index < -0.39 is 23.7 Å². The molecular weight excluding hydrogens is 460 g/mol. The van der Waals surface area contributed by atoms with Gasteiger partial charge in [-0.3, -0.25) is 9.69 Å². The summed E-state index contributed by atoms with van der Waals surface area (Å²) < 4.78 is 33.0. The van der Waals surface area contributed by atoms with Crippen LogP contribution in [0.15, 0.2) is 78.9 Å². The van der Waals surface area contributed by atoms with Gasteiger partial charge in [0.1, 0.15) is 11.6 Å². The van der Waals surface area contributed by atoms with E-state index in [-0.39, 0.29) is 22.9 Å². The van der Waals surface area contributed by atoms with Gasteiger partial charge in [0.2, 0.25) is 5.06 Å². The van der Waals surface area contributed by atoms with Crippen molar-refractivity contribution >= 4 is 29.1 Å². The maximum Gasteiger partial charge on any atom is 0.512 e. The molecule has 0 bridgehead atoms. The van der Waals surface area contributed by atoms with Crippen LogP contribution in [0.3, 0.4) is 0 Å². The minimum Gasteiger partial charge on any atom is -0.449 e. The molecule has 0 aliphatic rings. The van der Waals surface area contributed by atoms with Crippen molar-refractivity contribution in [3.8, 4) is 15.5 Å². The lowest BCUT2D eigenvalue weighted by Gasteiger charge is -2.23. The van der Waals surface area contributed by atoms with E-state index in [1.165, 1.54) is 11.0 Å². The minimum absolute atomic E-state index is 0.0330. The van der Waals surface area contributed by atoms with E-state index in [0.29, 0.717) is 10.4 Å². The SMILES string of the molecule is Cc1ccc(C(=O)N(Cc2ccc(F)cc2F)c2cc(-c3ccccc3)sc2OC(=O)O)cc1. The number of amides is 1. The highest BCUT2D eigenvalue weighted by Crippen LogP contribution is 2.44. The van der Waals surface area contributed by atoms with E-state index in [1.54, 1.807) is 30.3 Å². The van der Waals surface area contributed by atoms with Crippen LogP contribution in [0.4, 0.5) is 19.3 Å². The number of carbonyl (C=O) groups is 2. The lowest BCUT2D eigenvalue weighted by molar-refractivity contribution is 0.0983. The third-order valence-corrected chi connectivity index (χ3v) is 6.15. The summed E-state index contributed by atoms with van der Waals surface area (Å²) in [7, 11) is 0. The molecule has 34 heavy (non-hydrogen) atoms. The second-order valence-electron chi connectivity index (χ2n) is 7.51. The zero-order valence-electron chi connectivity index (χ0n) is 18.0. The van der Waals surface area contributed by atoms with Crippen molar-refractivity contribution in [2.45, 2.75) is 13.5 Å². The fourth-order valence-electron chi connectivity index (χ4n) is 3.39. The Balaban J connectivity index is 1.84. The number of ether oxygens (including phenoxy) is 1. The van der Waals surface area contributed by atoms with Crippen molar-refractivity contribution in [3.63, 3.8) is 0 Å². The van der Waals surface area contributed by atoms with Crippen molar-refractivity contribution in [2.75, 3.05) is 4.90 Å². The minimum atomic E-state index is -1.54. The number of rotatable bonds is 6. The number of hydrogen-bond donors (Lipinski definition) is 1. The molecule has 8 heteroatoms. The lowest BCUT2D eigenvalue weighted by Crippen LogP contribution is -2.31. The molecule has 4 aromatic rings. The molecule has 0 atom stereocenters. The van der Waals surface area contributed by atoms with Crippen molar-refractivity contribution in [1.82, 2.24) is 0 Å². The van der Waals surface area contributed by atoms with Gasteiger partial charge in [0.25, 0.3) is 5.91 Å². The molecule has 0 saturated carbocycles. The molecule has 4 rings (SSSR count). The van der Waals surface area contributed by atoms with Crippen LogP contribution in [-0.4, -0.2) is 17.2 Å². The molecule has 0 unspecified atom stereocenters. The molecule has 0 fully saturated rings. The highest BCUT2D eigenvalue weighted by molar-refractivity contribution is 7.18. The third-order valence-electron chi connectivity index (χ3n) is 5.10. The topological polar surface area (TPSA) is 66.8 Å². The van der Waals surface area contributed by atoms with Crippen LogP contribution in [0, 0.1) is 18.6 Å². The van der Waals surface area contributed by atoms with Gasteiger partial charge in [0, 0.05) is 22.1 Å². The van der Waals surface area contributed by atoms with Gasteiger partial charge in [-0.15, -0.1) is 0 Å². The Morgan fingerprint density at radius 1 is 0.971 bits per heavy atom. The van der Waals surface area contributed by atoms with E-state index >= 15 is 0 Å². The number of carboxylic acid groups (broad SMARTS) is 1. The molecule has 172 valence electrons. The first-order valence-electron chi connectivity index (χ1n) is 10.2. The van der Waals surface area contributed by atoms with Gasteiger partial charge in [-0.2, -0.15) is 0 Å². The fourth-order valence-corrected chi connectivity index (χ4v) is 4.40. The number of benzene rings is 3. The zero-order valence-corrected chi connectivity index (χ0v) is 18.8. The van der Waals surface area contributed by atoms with Crippen LogP contribution in [-0.2, 0) is 6.54 Å². The number of hydrogen-bond acceptors (Lipinski definition) is 4. The van der Waals surface area contributed by atoms with Crippen LogP contribution in [0.25, 0.3) is 10.4 Å². The van der Waals surface area contributed by atoms with Gasteiger partial charge in [-0.1, -0.05) is 65.4 Å². The van der Waals surface area contributed by atoms with E-state index in [0.717, 1.165) is 34.6 Å². The Labute approximate surface area is 198 Å². The van der Waals surface area contributed by atoms with Gasteiger partial charge in [-0.25, -0.2) is 13.6 Å². The van der Waals surface area contributed by atoms with Gasteiger partial charge >= 0.3 is 6.16 Å². The zero-order chi connectivity index (χ0) is 24.2. The summed E-state index contributed by atoms with van der Waals surface area (Å²) in [5, 5.41) is 9.25. The van der Waals surface area contributed by atoms with Crippen LogP contribution in [0.2, 0.25) is 0 Å². The molecule has 0 spiro atoms. The van der Waals surface area contributed by atoms with Gasteiger partial charge in [0.15, 0.2) is 0 Å². The first kappa shape index (κ1) is 23.1. The average molecular weight is 480 g/mol. The summed E-state index contributed by atoms with van der Waals surface area (Å²) in [6.45, 7) is 1.61. The monoisotopic (exact) mass is 479 g/mol. The Hall–Kier alpha value is -4.04. The summed E-state index contributed by atoms with van der Waals surface area (Å²) in [6.07, 6.45) is -1.54. The first-order chi connectivity index (χ1) is 16.3. The van der Waals surface area contributed by atoms with Crippen molar-refractivity contribution in [3.05, 3.63) is 107 Å². The number of nitrogens with zero attached hydrogens (tertiary/aromatic N) is 1. The molecule has 3 aromatic carbocycles. The molecule has 1 heterocycles. The molecule has 0 aliphatic carbocycles. The molecular formula is C26H19F2NO4S. The lowest BCUT2D eigenvalue weighted by atomic mass is 10.1. The van der Waals surface area contributed by atoms with Gasteiger partial charge < -0.3 is 9.84 Å². The number of halogens is 2. The quantitative estimate of drug-likeness (QED) is 0.305. The largest absolute Gasteiger partial charge is 0.512 e. The molecule has 0 radical (unpaired) electrons. The normalized spacial score (nSPS) is 10.7. The first-order valence-corrected chi connectivity index (χ1v) is 11.1. The Kier molecular flexibility index (Phi) is 6.70. The molecule has 0 aliphatic heterocycles. The number of carbonyl (C=O) groups excluding carboxylic acids is 1. The molecule has 1 N–H and O–H groups in total. The summed E-state index contributed by atoms with van der Waals surface area (Å²) in [4.78, 5) is 26.8. The van der Waals surface area contributed by atoms with E-state index in [4.69, 9.17) is 4.74 Å². The predicted molar refractivity (Wildman–Crippen MR) is 126 cm³/mol. The van der Waals surface area contributed by atoms with E-state index in [9.17, 15) is 23.5 Å². The van der Waals surface area contributed by atoms with Crippen molar-refractivity contribution in [1.29, 1.82) is 0 Å². The number of aryl methyl sites for hydroxylation is 1. The van der Waals surface area contributed by atoms with Gasteiger partial charge in [-0.05, 0) is 36.8 Å². The average Bonchev–Trinajstić information content (AvgIpc) is 3.22. The van der Waals surface area contributed by atoms with Crippen molar-refractivity contribution < 1.29 is 28.2 Å². The molecule has 1 amide bonds. The molecule has 1 aromatic heterocycles. The number of thiophene rings is 1. The van der Waals surface area contributed by atoms with E-state index in [2.05, 4.69) is 0 Å². The standard InChI is InChI=1S/C26H19F2NO4S/c1-16-7-9-18(10-8-16)24(30)29(15-19-11-12-20(27)13-21(19)28)22-14-23(17-5-3-2-4-6-17)34-25(22)33-26(31)32/h2-14H,15H2,1H3,(H,31,32). The van der Waals surface area contributed by atoms with Crippen LogP contribution >= 0.6 is 11.3 Å².